The van der Waals surface area contributed by atoms with Gasteiger partial charge < -0.3 is 4.74 Å². The molecule has 120 valence electrons. The highest BCUT2D eigenvalue weighted by Gasteiger charge is 2.13. The van der Waals surface area contributed by atoms with Crippen LogP contribution in [0.3, 0.4) is 0 Å². The predicted octanol–water partition coefficient (Wildman–Crippen LogP) is 5.38. The van der Waals surface area contributed by atoms with Crippen molar-refractivity contribution in [1.29, 1.82) is 0 Å². The van der Waals surface area contributed by atoms with Gasteiger partial charge in [-0.1, -0.05) is 85.0 Å². The molecule has 0 N–H and O–H groups in total. The van der Waals surface area contributed by atoms with E-state index < -0.39 is 0 Å². The summed E-state index contributed by atoms with van der Waals surface area (Å²) in [6.45, 7) is 4.09. The molecule has 0 saturated carbocycles. The Kier molecular flexibility index (Phi) is 7.35. The maximum Gasteiger partial charge on any atom is 0.0804 e. The Balaban J connectivity index is 2.05. The lowest BCUT2D eigenvalue weighted by Gasteiger charge is -2.21. The zero-order valence-corrected chi connectivity index (χ0v) is 14.1. The van der Waals surface area contributed by atoms with E-state index in [2.05, 4.69) is 72.8 Å². The first kappa shape index (κ1) is 17.2. The van der Waals surface area contributed by atoms with Crippen LogP contribution >= 0.6 is 0 Å². The van der Waals surface area contributed by atoms with E-state index >= 15 is 0 Å². The van der Waals surface area contributed by atoms with Crippen molar-refractivity contribution in [3.8, 4) is 0 Å². The molecule has 2 atom stereocenters. The maximum absolute atomic E-state index is 6.37. The van der Waals surface area contributed by atoms with E-state index in [0.29, 0.717) is 0 Å². The van der Waals surface area contributed by atoms with Crippen LogP contribution in [-0.4, -0.2) is 12.2 Å². The molecule has 2 unspecified atom stereocenters. The smallest absolute Gasteiger partial charge is 0.0804 e. The normalized spacial score (nSPS) is 14.3. The van der Waals surface area contributed by atoms with Gasteiger partial charge in [-0.05, 0) is 25.0 Å². The van der Waals surface area contributed by atoms with E-state index in [0.717, 1.165) is 12.8 Å². The predicted molar refractivity (Wildman–Crippen MR) is 98.6 cm³/mol. The highest BCUT2D eigenvalue weighted by Crippen LogP contribution is 2.14. The van der Waals surface area contributed by atoms with Crippen LogP contribution in [0.4, 0.5) is 0 Å². The number of rotatable bonds is 8. The van der Waals surface area contributed by atoms with Gasteiger partial charge in [0.25, 0.3) is 0 Å². The molecule has 1 heteroatoms. The van der Waals surface area contributed by atoms with Gasteiger partial charge >= 0.3 is 0 Å². The van der Waals surface area contributed by atoms with Crippen molar-refractivity contribution in [1.82, 2.24) is 0 Å². The molecule has 1 nitrogen and oxygen atoms in total. The monoisotopic (exact) mass is 306 g/mol. The molecule has 2 rings (SSSR count). The Bertz CT molecular complexity index is 543. The lowest BCUT2D eigenvalue weighted by molar-refractivity contribution is 0.0419. The fraction of sp³-hybridized carbons (Fsp3) is 0.273. The number of benzene rings is 2. The van der Waals surface area contributed by atoms with E-state index in [1.54, 1.807) is 0 Å². The van der Waals surface area contributed by atoms with Gasteiger partial charge in [-0.15, -0.1) is 0 Å². The number of ether oxygens (including phenoxy) is 1. The molecule has 0 aliphatic heterocycles. The molecular weight excluding hydrogens is 280 g/mol. The first-order chi connectivity index (χ1) is 11.3. The molecule has 0 spiro atoms. The Labute approximate surface area is 140 Å². The van der Waals surface area contributed by atoms with Gasteiger partial charge in [0.1, 0.15) is 0 Å². The summed E-state index contributed by atoms with van der Waals surface area (Å²) >= 11 is 0. The fourth-order valence-electron chi connectivity index (χ4n) is 2.67. The molecule has 0 radical (unpaired) electrons. The minimum atomic E-state index is 0.0901. The molecule has 0 aliphatic rings. The first-order valence-corrected chi connectivity index (χ1v) is 8.30. The van der Waals surface area contributed by atoms with Crippen molar-refractivity contribution < 1.29 is 4.74 Å². The van der Waals surface area contributed by atoms with E-state index in [9.17, 15) is 0 Å². The standard InChI is InChI=1S/C22H26O/c1-3-11-21(17-19-13-7-5-8-14-19)23-22(12-4-2)18-20-15-9-6-10-16-20/h3-16,21-22H,17-18H2,1-2H3/b11-3+,12-4+. The minimum absolute atomic E-state index is 0.0901. The molecule has 0 amide bonds. The van der Waals surface area contributed by atoms with Gasteiger partial charge in [0.2, 0.25) is 0 Å². The third-order valence-corrected chi connectivity index (χ3v) is 3.72. The van der Waals surface area contributed by atoms with E-state index in [-0.39, 0.29) is 12.2 Å². The van der Waals surface area contributed by atoms with Gasteiger partial charge in [0.05, 0.1) is 12.2 Å². The summed E-state index contributed by atoms with van der Waals surface area (Å²) in [5, 5.41) is 0. The molecule has 0 fully saturated rings. The third-order valence-electron chi connectivity index (χ3n) is 3.72. The SMILES string of the molecule is C/C=C/C(Cc1ccccc1)OC(/C=C/C)Cc1ccccc1. The van der Waals surface area contributed by atoms with Crippen LogP contribution in [-0.2, 0) is 17.6 Å². The molecule has 0 aromatic heterocycles. The van der Waals surface area contributed by atoms with Crippen LogP contribution < -0.4 is 0 Å². The highest BCUT2D eigenvalue weighted by atomic mass is 16.5. The van der Waals surface area contributed by atoms with Crippen molar-refractivity contribution in [2.75, 3.05) is 0 Å². The van der Waals surface area contributed by atoms with Crippen molar-refractivity contribution >= 4 is 0 Å². The third kappa shape index (κ3) is 6.25. The molecule has 0 aliphatic carbocycles. The van der Waals surface area contributed by atoms with Gasteiger partial charge in [-0.25, -0.2) is 0 Å². The molecule has 0 bridgehead atoms. The van der Waals surface area contributed by atoms with Crippen LogP contribution in [0.15, 0.2) is 85.0 Å². The Morgan fingerprint density at radius 2 is 1.09 bits per heavy atom. The molecule has 0 heterocycles. The minimum Gasteiger partial charge on any atom is -0.366 e. The molecular formula is C22H26O. The largest absolute Gasteiger partial charge is 0.366 e. The second kappa shape index (κ2) is 9.81. The highest BCUT2D eigenvalue weighted by molar-refractivity contribution is 5.18. The van der Waals surface area contributed by atoms with Crippen LogP contribution in [0.2, 0.25) is 0 Å². The fourth-order valence-corrected chi connectivity index (χ4v) is 2.67. The topological polar surface area (TPSA) is 9.23 Å². The van der Waals surface area contributed by atoms with Gasteiger partial charge in [-0.3, -0.25) is 0 Å². The Morgan fingerprint density at radius 3 is 1.43 bits per heavy atom. The van der Waals surface area contributed by atoms with Crippen molar-refractivity contribution in [2.24, 2.45) is 0 Å². The molecule has 23 heavy (non-hydrogen) atoms. The van der Waals surface area contributed by atoms with Gasteiger partial charge in [0, 0.05) is 12.8 Å². The molecule has 2 aromatic rings. The zero-order chi connectivity index (χ0) is 16.3. The molecule has 2 aromatic carbocycles. The average Bonchev–Trinajstić information content (AvgIpc) is 2.57. The first-order valence-electron chi connectivity index (χ1n) is 8.30. The lowest BCUT2D eigenvalue weighted by Crippen LogP contribution is -2.23. The Morgan fingerprint density at radius 1 is 0.696 bits per heavy atom. The summed E-state index contributed by atoms with van der Waals surface area (Å²) in [6, 6.07) is 21.0. The quantitative estimate of drug-likeness (QED) is 0.595. The summed E-state index contributed by atoms with van der Waals surface area (Å²) in [6.07, 6.45) is 10.4. The van der Waals surface area contributed by atoms with Gasteiger partial charge in [-0.2, -0.15) is 0 Å². The van der Waals surface area contributed by atoms with Crippen molar-refractivity contribution in [2.45, 2.75) is 38.9 Å². The second-order valence-electron chi connectivity index (χ2n) is 5.64. The van der Waals surface area contributed by atoms with Crippen LogP contribution in [0.1, 0.15) is 25.0 Å². The van der Waals surface area contributed by atoms with E-state index in [4.69, 9.17) is 4.74 Å². The molecule has 0 saturated heterocycles. The summed E-state index contributed by atoms with van der Waals surface area (Å²) in [5.41, 5.74) is 2.60. The second-order valence-corrected chi connectivity index (χ2v) is 5.64. The number of hydrogen-bond donors (Lipinski definition) is 0. The summed E-state index contributed by atoms with van der Waals surface area (Å²) in [4.78, 5) is 0. The zero-order valence-electron chi connectivity index (χ0n) is 14.1. The van der Waals surface area contributed by atoms with Crippen LogP contribution in [0.5, 0.6) is 0 Å². The van der Waals surface area contributed by atoms with Crippen molar-refractivity contribution in [3.05, 3.63) is 96.1 Å². The average molecular weight is 306 g/mol. The van der Waals surface area contributed by atoms with Gasteiger partial charge in [0.15, 0.2) is 0 Å². The summed E-state index contributed by atoms with van der Waals surface area (Å²) < 4.78 is 6.37. The Hall–Kier alpha value is -2.12. The van der Waals surface area contributed by atoms with Crippen molar-refractivity contribution in [3.63, 3.8) is 0 Å². The number of hydrogen-bond acceptors (Lipinski definition) is 1. The summed E-state index contributed by atoms with van der Waals surface area (Å²) in [5.74, 6) is 0. The van der Waals surface area contributed by atoms with E-state index in [1.807, 2.05) is 26.0 Å². The lowest BCUT2D eigenvalue weighted by atomic mass is 10.1. The summed E-state index contributed by atoms with van der Waals surface area (Å²) in [7, 11) is 0. The number of allylic oxidation sites excluding steroid dienone is 2. The maximum atomic E-state index is 6.37. The van der Waals surface area contributed by atoms with Crippen LogP contribution in [0.25, 0.3) is 0 Å². The van der Waals surface area contributed by atoms with Crippen LogP contribution in [0, 0.1) is 0 Å². The van der Waals surface area contributed by atoms with E-state index in [1.165, 1.54) is 11.1 Å².